The fraction of sp³-hybridized carbons (Fsp3) is 0.889. The summed E-state index contributed by atoms with van der Waals surface area (Å²) in [5.74, 6) is -1.77. The number of sulfonamides is 1. The Morgan fingerprint density at radius 3 is 2.28 bits per heavy atom. The van der Waals surface area contributed by atoms with Crippen LogP contribution in [-0.2, 0) is 24.7 Å². The van der Waals surface area contributed by atoms with Crippen molar-refractivity contribution in [2.75, 3.05) is 11.5 Å². The molecule has 0 radical (unpaired) electrons. The topological polar surface area (TPSA) is 118 Å². The molecule has 2 N–H and O–H groups in total. The fourth-order valence-electron chi connectivity index (χ4n) is 2.25. The molecule has 104 valence electrons. The van der Waals surface area contributed by atoms with Crippen molar-refractivity contribution in [3.63, 3.8) is 0 Å². The summed E-state index contributed by atoms with van der Waals surface area (Å²) in [6.07, 6.45) is 1.19. The van der Waals surface area contributed by atoms with E-state index in [1.807, 2.05) is 0 Å². The van der Waals surface area contributed by atoms with E-state index in [2.05, 4.69) is 4.72 Å². The first-order valence-corrected chi connectivity index (χ1v) is 9.00. The van der Waals surface area contributed by atoms with Crippen LogP contribution in [0.3, 0.4) is 0 Å². The van der Waals surface area contributed by atoms with Crippen LogP contribution in [0.15, 0.2) is 0 Å². The van der Waals surface area contributed by atoms with Gasteiger partial charge < -0.3 is 5.11 Å². The monoisotopic (exact) mass is 297 g/mol. The van der Waals surface area contributed by atoms with Gasteiger partial charge in [0, 0.05) is 0 Å². The summed E-state index contributed by atoms with van der Waals surface area (Å²) in [5, 5.41) is 8.02. The summed E-state index contributed by atoms with van der Waals surface area (Å²) >= 11 is 0. The zero-order valence-corrected chi connectivity index (χ0v) is 11.3. The van der Waals surface area contributed by atoms with Crippen LogP contribution in [-0.4, -0.2) is 50.2 Å². The maximum Gasteiger partial charge on any atom is 0.324 e. The lowest BCUT2D eigenvalue weighted by Crippen LogP contribution is -2.60. The minimum Gasteiger partial charge on any atom is -0.480 e. The molecule has 1 saturated carbocycles. The minimum absolute atomic E-state index is 0.0351. The maximum absolute atomic E-state index is 12.0. The van der Waals surface area contributed by atoms with Crippen molar-refractivity contribution >= 4 is 25.8 Å². The predicted octanol–water partition coefficient (Wildman–Crippen LogP) is -0.900. The van der Waals surface area contributed by atoms with Gasteiger partial charge in [-0.1, -0.05) is 0 Å². The van der Waals surface area contributed by atoms with Crippen LogP contribution in [0.2, 0.25) is 0 Å². The number of carboxylic acids is 1. The number of aliphatic carboxylic acids is 1. The molecule has 1 aliphatic heterocycles. The van der Waals surface area contributed by atoms with E-state index >= 15 is 0 Å². The molecule has 0 bridgehead atoms. The van der Waals surface area contributed by atoms with E-state index in [9.17, 15) is 21.6 Å². The zero-order valence-electron chi connectivity index (χ0n) is 9.62. The Kier molecular flexibility index (Phi) is 3.19. The average Bonchev–Trinajstić information content (AvgIpc) is 2.53. The van der Waals surface area contributed by atoms with Gasteiger partial charge >= 0.3 is 5.97 Å². The molecule has 18 heavy (non-hydrogen) atoms. The second kappa shape index (κ2) is 4.17. The molecule has 1 atom stereocenters. The third-order valence-corrected chi connectivity index (χ3v) is 7.52. The molecule has 9 heteroatoms. The average molecular weight is 297 g/mol. The van der Waals surface area contributed by atoms with Crippen molar-refractivity contribution in [3.8, 4) is 0 Å². The van der Waals surface area contributed by atoms with Crippen molar-refractivity contribution in [1.82, 2.24) is 4.72 Å². The second-order valence-electron chi connectivity index (χ2n) is 4.91. The molecule has 2 aliphatic rings. The predicted molar refractivity (Wildman–Crippen MR) is 63.3 cm³/mol. The third kappa shape index (κ3) is 2.39. The van der Waals surface area contributed by atoms with Gasteiger partial charge in [-0.05, 0) is 25.7 Å². The highest BCUT2D eigenvalue weighted by molar-refractivity contribution is 7.95. The van der Waals surface area contributed by atoms with E-state index in [1.165, 1.54) is 0 Å². The number of carbonyl (C=O) groups is 1. The number of hydrogen-bond donors (Lipinski definition) is 2. The van der Waals surface area contributed by atoms with E-state index < -0.39 is 42.4 Å². The van der Waals surface area contributed by atoms with Crippen LogP contribution >= 0.6 is 0 Å². The minimum atomic E-state index is -3.90. The SMILES string of the molecule is O=C(O)C1(NS(=O)(=O)C2CCS(=O)(=O)C2)CCC1. The molecule has 2 rings (SSSR count). The first-order valence-electron chi connectivity index (χ1n) is 5.64. The van der Waals surface area contributed by atoms with E-state index in [1.54, 1.807) is 0 Å². The van der Waals surface area contributed by atoms with Gasteiger partial charge in [-0.2, -0.15) is 4.72 Å². The van der Waals surface area contributed by atoms with Crippen LogP contribution < -0.4 is 4.72 Å². The Balaban J connectivity index is 2.16. The standard InChI is InChI=1S/C9H15NO6S2/c11-8(12)9(3-1-4-9)10-18(15,16)7-2-5-17(13,14)6-7/h7,10H,1-6H2,(H,11,12). The fourth-order valence-corrected chi connectivity index (χ4v) is 6.71. The van der Waals surface area contributed by atoms with Crippen molar-refractivity contribution in [2.24, 2.45) is 0 Å². The van der Waals surface area contributed by atoms with Crippen LogP contribution in [0.5, 0.6) is 0 Å². The molecule has 1 aliphatic carbocycles. The molecule has 1 heterocycles. The Morgan fingerprint density at radius 2 is 1.94 bits per heavy atom. The largest absolute Gasteiger partial charge is 0.480 e. The number of hydrogen-bond acceptors (Lipinski definition) is 5. The summed E-state index contributed by atoms with van der Waals surface area (Å²) in [4.78, 5) is 11.1. The third-order valence-electron chi connectivity index (χ3n) is 3.58. The smallest absolute Gasteiger partial charge is 0.324 e. The molecule has 0 aromatic carbocycles. The number of sulfone groups is 1. The molecule has 0 aromatic heterocycles. The van der Waals surface area contributed by atoms with Crippen LogP contribution in [0.25, 0.3) is 0 Å². The summed E-state index contributed by atoms with van der Waals surface area (Å²) < 4.78 is 48.7. The van der Waals surface area contributed by atoms with Gasteiger partial charge in [0.2, 0.25) is 10.0 Å². The molecule has 2 fully saturated rings. The van der Waals surface area contributed by atoms with E-state index in [0.717, 1.165) is 0 Å². The van der Waals surface area contributed by atoms with Crippen LogP contribution in [0.4, 0.5) is 0 Å². The quantitative estimate of drug-likeness (QED) is 0.694. The van der Waals surface area contributed by atoms with Crippen molar-refractivity contribution < 1.29 is 26.7 Å². The first kappa shape index (κ1) is 13.8. The number of nitrogens with one attached hydrogen (secondary N) is 1. The molecule has 1 unspecified atom stereocenters. The Morgan fingerprint density at radius 1 is 1.33 bits per heavy atom. The molecule has 1 saturated heterocycles. The van der Waals surface area contributed by atoms with Gasteiger partial charge in [0.05, 0.1) is 16.8 Å². The second-order valence-corrected chi connectivity index (χ2v) is 9.10. The van der Waals surface area contributed by atoms with Crippen molar-refractivity contribution in [3.05, 3.63) is 0 Å². The van der Waals surface area contributed by atoms with E-state index in [0.29, 0.717) is 6.42 Å². The molecule has 7 nitrogen and oxygen atoms in total. The van der Waals surface area contributed by atoms with Crippen molar-refractivity contribution in [2.45, 2.75) is 36.5 Å². The van der Waals surface area contributed by atoms with Crippen LogP contribution in [0, 0.1) is 0 Å². The lowest BCUT2D eigenvalue weighted by Gasteiger charge is -2.38. The molecule has 0 aromatic rings. The summed E-state index contributed by atoms with van der Waals surface area (Å²) in [6.45, 7) is 0. The maximum atomic E-state index is 12.0. The van der Waals surface area contributed by atoms with E-state index in [4.69, 9.17) is 5.11 Å². The van der Waals surface area contributed by atoms with Gasteiger partial charge in [-0.3, -0.25) is 4.79 Å². The first-order chi connectivity index (χ1) is 8.17. The van der Waals surface area contributed by atoms with Crippen molar-refractivity contribution in [1.29, 1.82) is 0 Å². The normalized spacial score (nSPS) is 29.7. The highest BCUT2D eigenvalue weighted by Gasteiger charge is 2.50. The van der Waals surface area contributed by atoms with Crippen LogP contribution in [0.1, 0.15) is 25.7 Å². The van der Waals surface area contributed by atoms with E-state index in [-0.39, 0.29) is 25.0 Å². The Hall–Kier alpha value is -0.670. The summed E-state index contributed by atoms with van der Waals surface area (Å²) in [5.41, 5.74) is -1.43. The highest BCUT2D eigenvalue weighted by Crippen LogP contribution is 2.34. The highest BCUT2D eigenvalue weighted by atomic mass is 32.2. The number of carboxylic acid groups (broad SMARTS) is 1. The lowest BCUT2D eigenvalue weighted by atomic mass is 9.78. The Bertz CT molecular complexity index is 560. The zero-order chi connectivity index (χ0) is 13.6. The van der Waals surface area contributed by atoms with Gasteiger partial charge in [0.1, 0.15) is 5.54 Å². The summed E-state index contributed by atoms with van der Waals surface area (Å²) in [6, 6.07) is 0. The lowest BCUT2D eigenvalue weighted by molar-refractivity contribution is -0.147. The van der Waals surface area contributed by atoms with Gasteiger partial charge in [0.25, 0.3) is 0 Å². The molecular formula is C9H15NO6S2. The van der Waals surface area contributed by atoms with Gasteiger partial charge in [-0.25, -0.2) is 16.8 Å². The summed E-state index contributed by atoms with van der Waals surface area (Å²) in [7, 11) is -7.21. The molecule has 0 spiro atoms. The molecular weight excluding hydrogens is 282 g/mol. The van der Waals surface area contributed by atoms with Gasteiger partial charge in [0.15, 0.2) is 9.84 Å². The number of rotatable bonds is 4. The Labute approximate surface area is 106 Å². The van der Waals surface area contributed by atoms with Gasteiger partial charge in [-0.15, -0.1) is 0 Å². The molecule has 0 amide bonds.